The Morgan fingerprint density at radius 3 is 2.20 bits per heavy atom. The molecule has 0 spiro atoms. The third-order valence-corrected chi connectivity index (χ3v) is 7.75. The second kappa shape index (κ2) is 12.4. The van der Waals surface area contributed by atoms with Gasteiger partial charge in [-0.3, -0.25) is 0 Å². The van der Waals surface area contributed by atoms with Crippen molar-refractivity contribution in [2.75, 3.05) is 12.0 Å². The number of aryl methyl sites for hydroxylation is 1. The van der Waals surface area contributed by atoms with Crippen LogP contribution >= 0.6 is 19.4 Å². The molecule has 0 N–H and O–H groups in total. The normalized spacial score (nSPS) is 16.6. The van der Waals surface area contributed by atoms with Crippen molar-refractivity contribution in [2.45, 2.75) is 86.3 Å². The molecule has 3 nitrogen and oxygen atoms in total. The topological polar surface area (TPSA) is 21.7 Å². The van der Waals surface area contributed by atoms with E-state index in [-0.39, 0.29) is 17.1 Å². The van der Waals surface area contributed by atoms with Crippen LogP contribution in [0.3, 0.4) is 0 Å². The third-order valence-electron chi connectivity index (χ3n) is 5.92. The van der Waals surface area contributed by atoms with E-state index in [1.807, 2.05) is 36.7 Å². The van der Waals surface area contributed by atoms with Gasteiger partial charge in [0.2, 0.25) is 0 Å². The van der Waals surface area contributed by atoms with Crippen LogP contribution in [-0.4, -0.2) is 23.4 Å². The summed E-state index contributed by atoms with van der Waals surface area (Å²) in [6, 6.07) is 12.3. The number of para-hydroxylation sites is 1. The van der Waals surface area contributed by atoms with Crippen molar-refractivity contribution in [3.05, 3.63) is 59.6 Å². The monoisotopic (exact) mass is 608 g/mol. The van der Waals surface area contributed by atoms with Crippen molar-refractivity contribution >= 4 is 29.7 Å². The fourth-order valence-corrected chi connectivity index (χ4v) is 6.58. The second-order valence-electron chi connectivity index (χ2n) is 11.0. The number of methoxy groups -OCH3 is 1. The number of benzene rings is 2. The van der Waals surface area contributed by atoms with E-state index < -0.39 is 13.5 Å². The number of nitrogens with zero attached hydrogens (tertiary/aromatic N) is 1. The van der Waals surface area contributed by atoms with Crippen LogP contribution in [0.15, 0.2) is 36.4 Å². The van der Waals surface area contributed by atoms with E-state index in [0.29, 0.717) is 5.92 Å². The Balaban J connectivity index is 0.000000251. The molecule has 0 atom stereocenters. The first-order chi connectivity index (χ1) is 16.2. The molecule has 35 heavy (non-hydrogen) atoms. The van der Waals surface area contributed by atoms with Crippen LogP contribution in [-0.2, 0) is 13.5 Å². The van der Waals surface area contributed by atoms with Gasteiger partial charge in [-0.1, -0.05) is 52.3 Å². The Morgan fingerprint density at radius 2 is 1.71 bits per heavy atom. The van der Waals surface area contributed by atoms with E-state index in [9.17, 15) is 0 Å². The number of hydrogen-bond acceptors (Lipinski definition) is 3. The van der Waals surface area contributed by atoms with E-state index in [0.717, 1.165) is 17.1 Å². The molecule has 0 radical (unpaired) electrons. The van der Waals surface area contributed by atoms with Gasteiger partial charge < -0.3 is 4.90 Å². The molecule has 0 unspecified atom stereocenters. The van der Waals surface area contributed by atoms with E-state index in [1.165, 1.54) is 23.2 Å². The molecule has 2 aromatic rings. The second-order valence-corrected chi connectivity index (χ2v) is 16.7. The molecule has 6 heteroatoms. The van der Waals surface area contributed by atoms with Crippen LogP contribution in [0, 0.1) is 18.9 Å². The van der Waals surface area contributed by atoms with Crippen molar-refractivity contribution in [1.82, 2.24) is 0 Å². The van der Waals surface area contributed by atoms with Crippen LogP contribution in [0.25, 0.3) is 0 Å². The fraction of sp³-hybridized carbons (Fsp3) is 0.517. The van der Waals surface area contributed by atoms with Crippen LogP contribution in [0.4, 0.5) is 5.69 Å². The predicted octanol–water partition coefficient (Wildman–Crippen LogP) is 8.85. The third kappa shape index (κ3) is 8.48. The van der Waals surface area contributed by atoms with Gasteiger partial charge in [0.1, 0.15) is 0 Å². The number of rotatable bonds is 6. The first kappa shape index (κ1) is 30.1. The quantitative estimate of drug-likeness (QED) is 0.242. The van der Waals surface area contributed by atoms with Crippen LogP contribution in [0.2, 0.25) is 0 Å². The zero-order chi connectivity index (χ0) is 26.6. The minimum absolute atomic E-state index is 0.117. The van der Waals surface area contributed by atoms with Crippen LogP contribution < -0.4 is 14.4 Å². The summed E-state index contributed by atoms with van der Waals surface area (Å²) in [5.41, 5.74) is 5.64. The zero-order valence-corrected chi connectivity index (χ0v) is 26.1. The molecular weight excluding hydrogens is 566 g/mol. The smallest absolute Gasteiger partial charge is 0.0140 e. The molecule has 2 aromatic carbocycles. The Bertz CT molecular complexity index is 1030. The minimum atomic E-state index is -1.86. The molecule has 1 heterocycles. The van der Waals surface area contributed by atoms with Gasteiger partial charge in [-0.25, -0.2) is 6.54 Å². The van der Waals surface area contributed by atoms with Gasteiger partial charge >= 0.3 is 109 Å². The fourth-order valence-electron chi connectivity index (χ4n) is 4.79. The zero-order valence-electron chi connectivity index (χ0n) is 22.9. The van der Waals surface area contributed by atoms with E-state index in [1.54, 1.807) is 7.11 Å². The molecule has 0 saturated carbocycles. The van der Waals surface area contributed by atoms with Crippen LogP contribution in [0.1, 0.15) is 84.4 Å². The molecule has 0 aliphatic carbocycles. The van der Waals surface area contributed by atoms with Gasteiger partial charge in [-0.05, 0) is 37.8 Å². The summed E-state index contributed by atoms with van der Waals surface area (Å²) in [5, 5.41) is 0. The number of halogens is 2. The Morgan fingerprint density at radius 1 is 1.06 bits per heavy atom. The minimum Gasteiger partial charge on any atom is -0.517 e. The molecule has 1 fully saturated rings. The Kier molecular flexibility index (Phi) is 10.7. The summed E-state index contributed by atoms with van der Waals surface area (Å²) in [6.07, 6.45) is 1.32. The molecule has 198 valence electrons. The summed E-state index contributed by atoms with van der Waals surface area (Å²) in [4.78, 5) is 2.53. The molecule has 1 saturated heterocycles. The Labute approximate surface area is 226 Å². The van der Waals surface area contributed by atoms with Crippen LogP contribution in [0.5, 0.6) is 11.5 Å². The van der Waals surface area contributed by atoms with Gasteiger partial charge in [0.05, 0.1) is 0 Å². The standard InChI is InChI=1S/C18H28N.C11H14O2.2ClH.Ru/c1-13(2)15-10-8-9-14(3)16(15)19-12-17(4,5)11-18(19,6)7;1-8(2)13-11-6-5-10(12-4)7-9(11)3;;;/h8-10,12-13H,11H2,1-7H3;3,5-8H,1-2,4H3;2*1H;/q-1;;;;+2/p-2. The van der Waals surface area contributed by atoms with Crippen molar-refractivity contribution in [1.29, 1.82) is 0 Å². The van der Waals surface area contributed by atoms with Gasteiger partial charge in [0.15, 0.2) is 0 Å². The predicted molar refractivity (Wildman–Crippen MR) is 150 cm³/mol. The summed E-state index contributed by atoms with van der Waals surface area (Å²) in [7, 11) is 13.4. The maximum Gasteiger partial charge on any atom is 0.0140 e. The molecule has 0 aromatic heterocycles. The molecular formula is C29H42Cl2NO2Ru-. The summed E-state index contributed by atoms with van der Waals surface area (Å²) in [5.74, 6) is 2.12. The number of anilines is 1. The van der Waals surface area contributed by atoms with Gasteiger partial charge in [0.25, 0.3) is 0 Å². The molecule has 1 aliphatic rings. The van der Waals surface area contributed by atoms with Crippen molar-refractivity contribution < 1.29 is 23.0 Å². The van der Waals surface area contributed by atoms with Crippen molar-refractivity contribution in [3.8, 4) is 11.5 Å². The first-order valence-corrected chi connectivity index (χ1v) is 17.6. The number of hydrogen-bond donors (Lipinski definition) is 0. The molecule has 3 rings (SSSR count). The largest absolute Gasteiger partial charge is 0.517 e. The van der Waals surface area contributed by atoms with Crippen molar-refractivity contribution in [3.63, 3.8) is 0 Å². The van der Waals surface area contributed by atoms with Gasteiger partial charge in [0, 0.05) is 11.2 Å². The SMILES string of the molecule is COc1ccc(OC(C)C)c([CH]=[Ru]([Cl])[Cl])c1.Cc1cccc(C(C)C)c1N1[CH-]C(C)(C)CC1(C)C. The number of ether oxygens (including phenoxy) is 2. The average molecular weight is 609 g/mol. The summed E-state index contributed by atoms with van der Waals surface area (Å²) < 4.78 is 12.7. The van der Waals surface area contributed by atoms with E-state index >= 15 is 0 Å². The molecule has 0 amide bonds. The molecule has 1 aliphatic heterocycles. The summed E-state index contributed by atoms with van der Waals surface area (Å²) >= 11 is -1.86. The van der Waals surface area contributed by atoms with Gasteiger partial charge in [-0.15, -0.1) is 5.41 Å². The van der Waals surface area contributed by atoms with E-state index in [2.05, 4.69) is 78.1 Å². The van der Waals surface area contributed by atoms with Crippen molar-refractivity contribution in [2.24, 2.45) is 5.41 Å². The average Bonchev–Trinajstić information content (AvgIpc) is 2.95. The first-order valence-electron chi connectivity index (χ1n) is 12.1. The summed E-state index contributed by atoms with van der Waals surface area (Å²) in [6.45, 7) is 22.6. The molecule has 0 bridgehead atoms. The maximum atomic E-state index is 5.87. The Hall–Kier alpha value is -1.09. The maximum absolute atomic E-state index is 5.87. The van der Waals surface area contributed by atoms with E-state index in [4.69, 9.17) is 28.9 Å². The van der Waals surface area contributed by atoms with Gasteiger partial charge in [-0.2, -0.15) is 0 Å².